The number of nitrogens with one attached hydrogen (secondary N) is 2. The number of nitrogens with zero attached hydrogens (tertiary/aromatic N) is 2. The Kier molecular flexibility index (Phi) is 2.19. The van der Waals surface area contributed by atoms with E-state index < -0.39 is 11.5 Å². The summed E-state index contributed by atoms with van der Waals surface area (Å²) in [5.41, 5.74) is -0.314. The molecule has 2 aromatic rings. The van der Waals surface area contributed by atoms with Crippen molar-refractivity contribution in [1.29, 1.82) is 0 Å². The molecule has 92 valence electrons. The molecule has 0 saturated carbocycles. The SMILES string of the molecule is O=C1NCCNc2c1c(=O)n(O)c1ncccc21. The van der Waals surface area contributed by atoms with E-state index in [1.807, 2.05) is 0 Å². The Hall–Kier alpha value is -2.57. The van der Waals surface area contributed by atoms with Gasteiger partial charge >= 0.3 is 0 Å². The molecule has 1 aliphatic heterocycles. The second-order valence-corrected chi connectivity index (χ2v) is 3.92. The molecule has 0 saturated heterocycles. The van der Waals surface area contributed by atoms with Crippen molar-refractivity contribution in [3.05, 3.63) is 34.2 Å². The number of hydrogen-bond donors (Lipinski definition) is 3. The second kappa shape index (κ2) is 3.73. The van der Waals surface area contributed by atoms with Gasteiger partial charge in [-0.15, -0.1) is 4.73 Å². The molecule has 0 spiro atoms. The lowest BCUT2D eigenvalue weighted by Gasteiger charge is -2.10. The number of hydrogen-bond acceptors (Lipinski definition) is 5. The predicted octanol–water partition coefficient (Wildman–Crippen LogP) is -0.211. The van der Waals surface area contributed by atoms with E-state index in [0.717, 1.165) is 0 Å². The zero-order valence-corrected chi connectivity index (χ0v) is 9.30. The molecule has 2 aromatic heterocycles. The fourth-order valence-corrected chi connectivity index (χ4v) is 2.05. The van der Waals surface area contributed by atoms with Crippen molar-refractivity contribution in [1.82, 2.24) is 15.0 Å². The largest absolute Gasteiger partial charge is 0.423 e. The molecule has 18 heavy (non-hydrogen) atoms. The highest BCUT2D eigenvalue weighted by Gasteiger charge is 2.24. The van der Waals surface area contributed by atoms with Crippen LogP contribution in [0.4, 0.5) is 5.69 Å². The maximum absolute atomic E-state index is 12.0. The summed E-state index contributed by atoms with van der Waals surface area (Å²) >= 11 is 0. The van der Waals surface area contributed by atoms with Crippen molar-refractivity contribution >= 4 is 22.6 Å². The first-order chi connectivity index (χ1) is 8.70. The van der Waals surface area contributed by atoms with Crippen molar-refractivity contribution in [2.24, 2.45) is 0 Å². The minimum atomic E-state index is -0.775. The smallest absolute Gasteiger partial charge is 0.299 e. The Labute approximate surface area is 101 Å². The van der Waals surface area contributed by atoms with Gasteiger partial charge in [-0.25, -0.2) is 4.98 Å². The first kappa shape index (κ1) is 10.6. The summed E-state index contributed by atoms with van der Waals surface area (Å²) < 4.78 is 0.404. The summed E-state index contributed by atoms with van der Waals surface area (Å²) in [6.07, 6.45) is 1.47. The van der Waals surface area contributed by atoms with Crippen LogP contribution in [0.25, 0.3) is 11.0 Å². The Morgan fingerprint density at radius 1 is 1.28 bits per heavy atom. The molecule has 0 aliphatic carbocycles. The van der Waals surface area contributed by atoms with Gasteiger partial charge in [-0.05, 0) is 12.1 Å². The van der Waals surface area contributed by atoms with Crippen LogP contribution in [0, 0.1) is 0 Å². The molecule has 0 aromatic carbocycles. The third kappa shape index (κ3) is 1.33. The third-order valence-corrected chi connectivity index (χ3v) is 2.85. The molecule has 1 aliphatic rings. The first-order valence-electron chi connectivity index (χ1n) is 5.45. The van der Waals surface area contributed by atoms with E-state index in [1.54, 1.807) is 12.1 Å². The fraction of sp³-hybridized carbons (Fsp3) is 0.182. The number of pyridine rings is 2. The van der Waals surface area contributed by atoms with Gasteiger partial charge in [-0.3, -0.25) is 9.59 Å². The minimum Gasteiger partial charge on any atom is -0.423 e. The monoisotopic (exact) mass is 246 g/mol. The number of aromatic nitrogens is 2. The zero-order chi connectivity index (χ0) is 12.7. The van der Waals surface area contributed by atoms with Gasteiger partial charge in [-0.1, -0.05) is 0 Å². The van der Waals surface area contributed by atoms with E-state index in [2.05, 4.69) is 15.6 Å². The highest BCUT2D eigenvalue weighted by molar-refractivity contribution is 6.06. The maximum Gasteiger partial charge on any atom is 0.299 e. The van der Waals surface area contributed by atoms with Crippen LogP contribution in [-0.2, 0) is 0 Å². The predicted molar refractivity (Wildman–Crippen MR) is 64.0 cm³/mol. The average molecular weight is 246 g/mol. The molecule has 0 unspecified atom stereocenters. The number of carbonyl (C=O) groups is 1. The first-order valence-corrected chi connectivity index (χ1v) is 5.45. The van der Waals surface area contributed by atoms with Gasteiger partial charge in [-0.2, -0.15) is 0 Å². The average Bonchev–Trinajstić information content (AvgIpc) is 2.58. The molecule has 0 atom stereocenters. The molecule has 3 heterocycles. The van der Waals surface area contributed by atoms with E-state index in [-0.39, 0.29) is 11.2 Å². The standard InChI is InChI=1S/C11H10N4O3/c16-10-7-8(12-4-5-14-10)6-2-1-3-13-9(6)15(18)11(7)17/h1-3,12,18H,4-5H2,(H,14,16). The second-order valence-electron chi connectivity index (χ2n) is 3.92. The Morgan fingerprint density at radius 3 is 2.89 bits per heavy atom. The van der Waals surface area contributed by atoms with Crippen LogP contribution < -0.4 is 16.2 Å². The van der Waals surface area contributed by atoms with Crippen LogP contribution in [0.15, 0.2) is 23.1 Å². The Morgan fingerprint density at radius 2 is 2.06 bits per heavy atom. The molecule has 1 amide bonds. The van der Waals surface area contributed by atoms with Crippen molar-refractivity contribution in [2.45, 2.75) is 0 Å². The number of anilines is 1. The van der Waals surface area contributed by atoms with Gasteiger partial charge in [0, 0.05) is 24.7 Å². The third-order valence-electron chi connectivity index (χ3n) is 2.85. The lowest BCUT2D eigenvalue weighted by Crippen LogP contribution is -2.32. The molecule has 3 N–H and O–H groups in total. The molecule has 0 bridgehead atoms. The summed E-state index contributed by atoms with van der Waals surface area (Å²) in [4.78, 5) is 27.7. The van der Waals surface area contributed by atoms with Gasteiger partial charge in [0.15, 0.2) is 5.65 Å². The highest BCUT2D eigenvalue weighted by Crippen LogP contribution is 2.23. The number of carbonyl (C=O) groups excluding carboxylic acids is 1. The lowest BCUT2D eigenvalue weighted by molar-refractivity contribution is 0.0951. The van der Waals surface area contributed by atoms with Gasteiger partial charge in [0.25, 0.3) is 11.5 Å². The molecule has 0 fully saturated rings. The van der Waals surface area contributed by atoms with Crippen LogP contribution in [0.3, 0.4) is 0 Å². The normalized spacial score (nSPS) is 14.6. The molecular weight excluding hydrogens is 236 g/mol. The van der Waals surface area contributed by atoms with E-state index in [0.29, 0.717) is 28.9 Å². The van der Waals surface area contributed by atoms with Gasteiger partial charge in [0.2, 0.25) is 0 Å². The molecule has 7 heteroatoms. The van der Waals surface area contributed by atoms with Crippen LogP contribution >= 0.6 is 0 Å². The highest BCUT2D eigenvalue weighted by atomic mass is 16.5. The Balaban J connectivity index is 2.50. The van der Waals surface area contributed by atoms with Crippen molar-refractivity contribution in [3.63, 3.8) is 0 Å². The van der Waals surface area contributed by atoms with Gasteiger partial charge < -0.3 is 15.8 Å². The molecule has 0 radical (unpaired) electrons. The van der Waals surface area contributed by atoms with Crippen molar-refractivity contribution < 1.29 is 10.0 Å². The van der Waals surface area contributed by atoms with Crippen LogP contribution in [0.1, 0.15) is 10.4 Å². The van der Waals surface area contributed by atoms with Crippen LogP contribution in [0.2, 0.25) is 0 Å². The summed E-state index contributed by atoms with van der Waals surface area (Å²) in [6.45, 7) is 0.928. The summed E-state index contributed by atoms with van der Waals surface area (Å²) in [5, 5.41) is 15.9. The Bertz CT molecular complexity index is 707. The number of rotatable bonds is 0. The van der Waals surface area contributed by atoms with E-state index in [9.17, 15) is 14.8 Å². The van der Waals surface area contributed by atoms with Crippen molar-refractivity contribution in [3.8, 4) is 0 Å². The molecular formula is C11H10N4O3. The topological polar surface area (TPSA) is 96.2 Å². The van der Waals surface area contributed by atoms with Gasteiger partial charge in [0.1, 0.15) is 5.56 Å². The maximum atomic E-state index is 12.0. The van der Waals surface area contributed by atoms with Gasteiger partial charge in [0.05, 0.1) is 5.69 Å². The quantitative estimate of drug-likeness (QED) is 0.559. The molecule has 7 nitrogen and oxygen atoms in total. The summed E-state index contributed by atoms with van der Waals surface area (Å²) in [6, 6.07) is 3.37. The summed E-state index contributed by atoms with van der Waals surface area (Å²) in [5.74, 6) is -0.492. The van der Waals surface area contributed by atoms with Crippen LogP contribution in [-0.4, -0.2) is 33.9 Å². The van der Waals surface area contributed by atoms with E-state index in [1.165, 1.54) is 6.20 Å². The molecule has 3 rings (SSSR count). The van der Waals surface area contributed by atoms with E-state index in [4.69, 9.17) is 0 Å². The fourth-order valence-electron chi connectivity index (χ4n) is 2.05. The number of fused-ring (bicyclic) bond motifs is 3. The van der Waals surface area contributed by atoms with Crippen molar-refractivity contribution in [2.75, 3.05) is 18.4 Å². The zero-order valence-electron chi connectivity index (χ0n) is 9.30. The minimum absolute atomic E-state index is 0.0875. The number of amides is 1. The van der Waals surface area contributed by atoms with Crippen LogP contribution in [0.5, 0.6) is 0 Å². The summed E-state index contributed by atoms with van der Waals surface area (Å²) in [7, 11) is 0. The van der Waals surface area contributed by atoms with E-state index >= 15 is 0 Å². The lowest BCUT2D eigenvalue weighted by atomic mass is 10.1.